The summed E-state index contributed by atoms with van der Waals surface area (Å²) in [6, 6.07) is 3.15. The average Bonchev–Trinajstić information content (AvgIpc) is 2.59. The van der Waals surface area contributed by atoms with E-state index >= 15 is 0 Å². The fourth-order valence-electron chi connectivity index (χ4n) is 1.47. The number of nitrogens with zero attached hydrogens (tertiary/aromatic N) is 2. The van der Waals surface area contributed by atoms with Crippen LogP contribution in [0.2, 0.25) is 5.15 Å². The maximum atomic E-state index is 12.0. The third kappa shape index (κ3) is 2.51. The van der Waals surface area contributed by atoms with E-state index in [1.54, 1.807) is 13.0 Å². The number of aryl methyl sites for hydroxylation is 2. The molecule has 0 atom stereocenters. The van der Waals surface area contributed by atoms with Gasteiger partial charge in [-0.3, -0.25) is 10.1 Å². The molecule has 0 saturated heterocycles. The largest absolute Gasteiger partial charge is 0.338 e. The van der Waals surface area contributed by atoms with Crippen molar-refractivity contribution >= 4 is 23.4 Å². The molecule has 0 aliphatic carbocycles. The highest BCUT2D eigenvalue weighted by atomic mass is 35.5. The Balaban J connectivity index is 2.24. The van der Waals surface area contributed by atoms with Crippen LogP contribution in [0.1, 0.15) is 27.3 Å². The predicted octanol–water partition coefficient (Wildman–Crippen LogP) is 2.90. The molecule has 0 spiro atoms. The van der Waals surface area contributed by atoms with E-state index in [0.717, 1.165) is 11.3 Å². The van der Waals surface area contributed by atoms with E-state index in [1.165, 1.54) is 6.07 Å². The van der Waals surface area contributed by atoms with Crippen molar-refractivity contribution in [3.63, 3.8) is 0 Å². The number of halogens is 1. The van der Waals surface area contributed by atoms with Crippen LogP contribution in [0.25, 0.3) is 0 Å². The van der Waals surface area contributed by atoms with Crippen LogP contribution in [0, 0.1) is 20.8 Å². The van der Waals surface area contributed by atoms with E-state index in [9.17, 15) is 4.79 Å². The van der Waals surface area contributed by atoms with E-state index in [2.05, 4.69) is 15.5 Å². The molecule has 2 aromatic heterocycles. The van der Waals surface area contributed by atoms with Crippen LogP contribution in [-0.2, 0) is 0 Å². The maximum absolute atomic E-state index is 12.0. The quantitative estimate of drug-likeness (QED) is 0.848. The van der Waals surface area contributed by atoms with Crippen LogP contribution in [0.15, 0.2) is 16.7 Å². The summed E-state index contributed by atoms with van der Waals surface area (Å²) < 4.78 is 5.02. The molecule has 18 heavy (non-hydrogen) atoms. The van der Waals surface area contributed by atoms with Gasteiger partial charge in [-0.05, 0) is 32.9 Å². The molecule has 1 amide bonds. The molecule has 2 heterocycles. The summed E-state index contributed by atoms with van der Waals surface area (Å²) in [5.74, 6) is 0.0461. The highest BCUT2D eigenvalue weighted by Gasteiger charge is 2.14. The lowest BCUT2D eigenvalue weighted by atomic mass is 10.2. The van der Waals surface area contributed by atoms with Crippen LogP contribution in [0.3, 0.4) is 0 Å². The molecule has 5 nitrogen and oxygen atoms in total. The average molecular weight is 266 g/mol. The van der Waals surface area contributed by atoms with Crippen molar-refractivity contribution in [1.29, 1.82) is 0 Å². The van der Waals surface area contributed by atoms with Crippen molar-refractivity contribution < 1.29 is 9.32 Å². The first kappa shape index (κ1) is 12.6. The van der Waals surface area contributed by atoms with Gasteiger partial charge in [-0.2, -0.15) is 0 Å². The van der Waals surface area contributed by atoms with Gasteiger partial charge in [-0.15, -0.1) is 0 Å². The number of anilines is 1. The topological polar surface area (TPSA) is 68.0 Å². The summed E-state index contributed by atoms with van der Waals surface area (Å²) in [5.41, 5.74) is 2.66. The molecular formula is C12H12ClN3O2. The van der Waals surface area contributed by atoms with Crippen LogP contribution in [-0.4, -0.2) is 16.0 Å². The molecule has 1 N–H and O–H groups in total. The van der Waals surface area contributed by atoms with Crippen LogP contribution in [0.4, 0.5) is 5.88 Å². The Bertz CT molecular complexity index is 587. The number of hydrogen-bond donors (Lipinski definition) is 1. The monoisotopic (exact) mass is 265 g/mol. The van der Waals surface area contributed by atoms with Gasteiger partial charge >= 0.3 is 0 Å². The first-order valence-corrected chi connectivity index (χ1v) is 5.73. The van der Waals surface area contributed by atoms with Gasteiger partial charge in [0.05, 0.1) is 5.69 Å². The molecule has 0 radical (unpaired) electrons. The van der Waals surface area contributed by atoms with Gasteiger partial charge in [0.15, 0.2) is 0 Å². The highest BCUT2D eigenvalue weighted by Crippen LogP contribution is 2.19. The number of carbonyl (C=O) groups is 1. The molecule has 0 saturated carbocycles. The third-order valence-electron chi connectivity index (χ3n) is 2.57. The van der Waals surface area contributed by atoms with Crippen molar-refractivity contribution in [2.24, 2.45) is 0 Å². The third-order valence-corrected chi connectivity index (χ3v) is 2.76. The maximum Gasteiger partial charge on any atom is 0.258 e. The summed E-state index contributed by atoms with van der Waals surface area (Å²) in [4.78, 5) is 16.0. The fourth-order valence-corrected chi connectivity index (χ4v) is 1.72. The van der Waals surface area contributed by atoms with Gasteiger partial charge in [0.25, 0.3) is 5.91 Å². The zero-order valence-electron chi connectivity index (χ0n) is 10.2. The summed E-state index contributed by atoms with van der Waals surface area (Å²) in [6.07, 6.45) is 0. The second kappa shape index (κ2) is 4.78. The van der Waals surface area contributed by atoms with Crippen LogP contribution >= 0.6 is 11.6 Å². The number of rotatable bonds is 2. The Morgan fingerprint density at radius 2 is 2.06 bits per heavy atom. The molecular weight excluding hydrogens is 254 g/mol. The first-order chi connectivity index (χ1) is 8.47. The van der Waals surface area contributed by atoms with Gasteiger partial charge in [0, 0.05) is 16.8 Å². The van der Waals surface area contributed by atoms with E-state index < -0.39 is 0 Å². The van der Waals surface area contributed by atoms with Gasteiger partial charge in [-0.1, -0.05) is 16.8 Å². The number of aromatic nitrogens is 2. The number of carbonyl (C=O) groups excluding carboxylic acids is 1. The Hall–Kier alpha value is -1.88. The van der Waals surface area contributed by atoms with Crippen molar-refractivity contribution in [3.8, 4) is 0 Å². The minimum atomic E-state index is -0.304. The smallest absolute Gasteiger partial charge is 0.258 e. The van der Waals surface area contributed by atoms with Crippen molar-refractivity contribution in [1.82, 2.24) is 10.1 Å². The Kier molecular flexibility index (Phi) is 3.34. The van der Waals surface area contributed by atoms with E-state index in [-0.39, 0.29) is 11.1 Å². The molecule has 0 unspecified atom stereocenters. The Labute approximate surface area is 109 Å². The zero-order chi connectivity index (χ0) is 13.3. The fraction of sp³-hybridized carbons (Fsp3) is 0.250. The zero-order valence-corrected chi connectivity index (χ0v) is 11.0. The van der Waals surface area contributed by atoms with Gasteiger partial charge in [-0.25, -0.2) is 4.98 Å². The summed E-state index contributed by atoms with van der Waals surface area (Å²) in [7, 11) is 0. The Morgan fingerprint density at radius 3 is 2.61 bits per heavy atom. The number of amides is 1. The molecule has 6 heteroatoms. The molecule has 2 rings (SSSR count). The lowest BCUT2D eigenvalue weighted by Gasteiger charge is -2.03. The number of hydrogen-bond acceptors (Lipinski definition) is 4. The van der Waals surface area contributed by atoms with E-state index in [0.29, 0.717) is 17.1 Å². The highest BCUT2D eigenvalue weighted by molar-refractivity contribution is 6.29. The number of nitrogens with one attached hydrogen (secondary N) is 1. The summed E-state index contributed by atoms with van der Waals surface area (Å²) in [5, 5.41) is 6.70. The lowest BCUT2D eigenvalue weighted by Crippen LogP contribution is -2.12. The standard InChI is InChI=1S/C12H12ClN3O2/c1-6-4-9(5-10(13)14-6)11(17)15-12-7(2)8(3)16-18-12/h4-5H,1-3H3,(H,15,17). The normalized spacial score (nSPS) is 10.4. The Morgan fingerprint density at radius 1 is 1.33 bits per heavy atom. The van der Waals surface area contributed by atoms with E-state index in [4.69, 9.17) is 16.1 Å². The molecule has 0 aromatic carbocycles. The molecule has 2 aromatic rings. The first-order valence-electron chi connectivity index (χ1n) is 5.36. The number of pyridine rings is 1. The molecule has 0 bridgehead atoms. The van der Waals surface area contributed by atoms with Crippen LogP contribution < -0.4 is 5.32 Å². The van der Waals surface area contributed by atoms with Crippen molar-refractivity contribution in [2.75, 3.05) is 5.32 Å². The van der Waals surface area contributed by atoms with E-state index in [1.807, 2.05) is 13.8 Å². The molecule has 0 aliphatic rings. The predicted molar refractivity (Wildman–Crippen MR) is 67.9 cm³/mol. The van der Waals surface area contributed by atoms with Gasteiger partial charge in [0.1, 0.15) is 5.15 Å². The van der Waals surface area contributed by atoms with Crippen molar-refractivity contribution in [2.45, 2.75) is 20.8 Å². The van der Waals surface area contributed by atoms with Gasteiger partial charge in [0.2, 0.25) is 5.88 Å². The molecule has 0 fully saturated rings. The summed E-state index contributed by atoms with van der Waals surface area (Å²) >= 11 is 5.81. The van der Waals surface area contributed by atoms with Crippen molar-refractivity contribution in [3.05, 3.63) is 39.8 Å². The minimum Gasteiger partial charge on any atom is -0.338 e. The second-order valence-corrected chi connectivity index (χ2v) is 4.38. The minimum absolute atomic E-state index is 0.283. The van der Waals surface area contributed by atoms with Crippen LogP contribution in [0.5, 0.6) is 0 Å². The molecule has 0 aliphatic heterocycles. The molecule has 94 valence electrons. The second-order valence-electron chi connectivity index (χ2n) is 4.00. The lowest BCUT2D eigenvalue weighted by molar-refractivity contribution is 0.102. The van der Waals surface area contributed by atoms with Gasteiger partial charge < -0.3 is 4.52 Å². The SMILES string of the molecule is Cc1cc(C(=O)Nc2onc(C)c2C)cc(Cl)n1. The summed E-state index contributed by atoms with van der Waals surface area (Å²) in [6.45, 7) is 5.40.